The van der Waals surface area contributed by atoms with Gasteiger partial charge in [0.25, 0.3) is 5.56 Å². The monoisotopic (exact) mass is 335 g/mol. The van der Waals surface area contributed by atoms with Crippen molar-refractivity contribution in [1.82, 2.24) is 9.38 Å². The molecule has 4 rings (SSSR count). The average Bonchev–Trinajstić information content (AvgIpc) is 3.06. The van der Waals surface area contributed by atoms with Crippen LogP contribution in [0.15, 0.2) is 53.3 Å². The van der Waals surface area contributed by atoms with E-state index in [2.05, 4.69) is 10.3 Å². The van der Waals surface area contributed by atoms with Crippen LogP contribution in [0.4, 0.5) is 5.69 Å². The first-order chi connectivity index (χ1) is 11.6. The molecular formula is C18H13N3O2S. The van der Waals surface area contributed by atoms with E-state index in [-0.39, 0.29) is 11.5 Å². The number of nitrogens with one attached hydrogen (secondary N) is 1. The minimum Gasteiger partial charge on any atom is -0.326 e. The fourth-order valence-electron chi connectivity index (χ4n) is 2.63. The molecule has 0 unspecified atom stereocenters. The second-order valence-electron chi connectivity index (χ2n) is 5.44. The van der Waals surface area contributed by atoms with Gasteiger partial charge in [0.1, 0.15) is 0 Å². The predicted octanol–water partition coefficient (Wildman–Crippen LogP) is 2.42. The zero-order chi connectivity index (χ0) is 16.7. The number of carbonyl (C=O) groups is 1. The van der Waals surface area contributed by atoms with Crippen molar-refractivity contribution < 1.29 is 4.79 Å². The van der Waals surface area contributed by atoms with Crippen molar-refractivity contribution in [3.63, 3.8) is 0 Å². The zero-order valence-corrected chi connectivity index (χ0v) is 13.6. The number of nitrogens with zero attached hydrogens (tertiary/aromatic N) is 2. The molecule has 1 N–H and O–H groups in total. The van der Waals surface area contributed by atoms with Crippen LogP contribution in [0.1, 0.15) is 12.5 Å². The summed E-state index contributed by atoms with van der Waals surface area (Å²) < 4.78 is 2.29. The molecule has 24 heavy (non-hydrogen) atoms. The molecule has 0 aliphatic heterocycles. The van der Waals surface area contributed by atoms with E-state index >= 15 is 0 Å². The third kappa shape index (κ3) is 2.47. The smallest absolute Gasteiger partial charge is 0.274 e. The van der Waals surface area contributed by atoms with Gasteiger partial charge >= 0.3 is 0 Å². The fraction of sp³-hybridized carbons (Fsp3) is 0.0556. The molecule has 0 saturated heterocycles. The highest BCUT2D eigenvalue weighted by molar-refractivity contribution is 7.15. The van der Waals surface area contributed by atoms with Crippen LogP contribution in [-0.4, -0.2) is 15.3 Å². The Labute approximate surface area is 140 Å². The molecule has 1 amide bonds. The Morgan fingerprint density at radius 1 is 1.17 bits per heavy atom. The summed E-state index contributed by atoms with van der Waals surface area (Å²) in [5.41, 5.74) is 3.22. The average molecular weight is 335 g/mol. The van der Waals surface area contributed by atoms with E-state index in [1.54, 1.807) is 4.40 Å². The van der Waals surface area contributed by atoms with Gasteiger partial charge in [-0.2, -0.15) is 0 Å². The molecule has 0 aliphatic carbocycles. The highest BCUT2D eigenvalue weighted by Crippen LogP contribution is 2.16. The highest BCUT2D eigenvalue weighted by atomic mass is 32.1. The van der Waals surface area contributed by atoms with Gasteiger partial charge in [-0.05, 0) is 35.9 Å². The second kappa shape index (κ2) is 5.58. The van der Waals surface area contributed by atoms with E-state index < -0.39 is 0 Å². The topological polar surface area (TPSA) is 63.5 Å². The van der Waals surface area contributed by atoms with Gasteiger partial charge in [-0.15, -0.1) is 0 Å². The summed E-state index contributed by atoms with van der Waals surface area (Å²) >= 11 is 1.37. The molecule has 6 heteroatoms. The van der Waals surface area contributed by atoms with Crippen LogP contribution in [0, 0.1) is 0 Å². The Hall–Kier alpha value is -2.99. The quantitative estimate of drug-likeness (QED) is 0.612. The molecule has 0 aliphatic rings. The molecule has 118 valence electrons. The summed E-state index contributed by atoms with van der Waals surface area (Å²) in [6, 6.07) is 15.0. The Kier molecular flexibility index (Phi) is 3.39. The van der Waals surface area contributed by atoms with E-state index in [1.807, 2.05) is 54.6 Å². The van der Waals surface area contributed by atoms with Crippen LogP contribution < -0.4 is 15.4 Å². The summed E-state index contributed by atoms with van der Waals surface area (Å²) in [6.45, 7) is 1.47. The first kappa shape index (κ1) is 14.6. The number of anilines is 1. The minimum atomic E-state index is -0.111. The van der Waals surface area contributed by atoms with Crippen molar-refractivity contribution in [1.29, 1.82) is 0 Å². The van der Waals surface area contributed by atoms with Gasteiger partial charge in [-0.25, -0.2) is 9.38 Å². The summed E-state index contributed by atoms with van der Waals surface area (Å²) in [4.78, 5) is 28.9. The molecule has 2 heterocycles. The van der Waals surface area contributed by atoms with Crippen LogP contribution in [0.3, 0.4) is 0 Å². The molecule has 0 fully saturated rings. The number of aromatic nitrogens is 2. The number of imidazole rings is 1. The van der Waals surface area contributed by atoms with E-state index in [0.29, 0.717) is 9.49 Å². The molecule has 2 aromatic heterocycles. The lowest BCUT2D eigenvalue weighted by Crippen LogP contribution is -2.22. The van der Waals surface area contributed by atoms with Crippen molar-refractivity contribution in [3.8, 4) is 0 Å². The number of rotatable bonds is 2. The predicted molar refractivity (Wildman–Crippen MR) is 96.4 cm³/mol. The third-order valence-electron chi connectivity index (χ3n) is 3.67. The number of benzene rings is 2. The first-order valence-corrected chi connectivity index (χ1v) is 8.23. The first-order valence-electron chi connectivity index (χ1n) is 7.41. The van der Waals surface area contributed by atoms with Crippen LogP contribution in [0.25, 0.3) is 22.1 Å². The van der Waals surface area contributed by atoms with E-state index in [1.165, 1.54) is 18.3 Å². The van der Waals surface area contributed by atoms with Gasteiger partial charge < -0.3 is 5.32 Å². The van der Waals surface area contributed by atoms with Crippen LogP contribution in [0.2, 0.25) is 0 Å². The van der Waals surface area contributed by atoms with Gasteiger partial charge in [0.05, 0.1) is 15.6 Å². The zero-order valence-electron chi connectivity index (χ0n) is 12.8. The SMILES string of the molecule is CC(=O)Nc1ccc(/C=c2\sc3nc4ccccc4n3c2=O)cc1. The molecule has 0 bridgehead atoms. The van der Waals surface area contributed by atoms with Gasteiger partial charge in [0, 0.05) is 12.6 Å². The van der Waals surface area contributed by atoms with Gasteiger partial charge in [-0.3, -0.25) is 9.59 Å². The maximum atomic E-state index is 12.7. The van der Waals surface area contributed by atoms with Crippen LogP contribution in [-0.2, 0) is 4.79 Å². The second-order valence-corrected chi connectivity index (χ2v) is 6.45. The number of amides is 1. The molecule has 4 aromatic rings. The third-order valence-corrected chi connectivity index (χ3v) is 4.64. The van der Waals surface area contributed by atoms with Gasteiger partial charge in [0.15, 0.2) is 4.96 Å². The lowest BCUT2D eigenvalue weighted by Gasteiger charge is -2.01. The number of fused-ring (bicyclic) bond motifs is 3. The van der Waals surface area contributed by atoms with Crippen LogP contribution >= 0.6 is 11.3 Å². The minimum absolute atomic E-state index is 0.0605. The molecule has 5 nitrogen and oxygen atoms in total. The number of carbonyl (C=O) groups excluding carboxylic acids is 1. The number of hydrogen-bond acceptors (Lipinski definition) is 4. The maximum Gasteiger partial charge on any atom is 0.274 e. The van der Waals surface area contributed by atoms with Crippen molar-refractivity contribution in [2.75, 3.05) is 5.32 Å². The van der Waals surface area contributed by atoms with Crippen molar-refractivity contribution in [3.05, 3.63) is 69.0 Å². The molecule has 0 spiro atoms. The molecule has 2 aromatic carbocycles. The number of thiazole rings is 1. The summed E-state index contributed by atoms with van der Waals surface area (Å²) in [5, 5.41) is 2.72. The lowest BCUT2D eigenvalue weighted by atomic mass is 10.2. The van der Waals surface area contributed by atoms with E-state index in [4.69, 9.17) is 0 Å². The summed E-state index contributed by atoms with van der Waals surface area (Å²) in [5.74, 6) is -0.111. The van der Waals surface area contributed by atoms with Crippen molar-refractivity contribution >= 4 is 45.0 Å². The molecule has 0 saturated carbocycles. The molecule has 0 radical (unpaired) electrons. The molecular weight excluding hydrogens is 322 g/mol. The van der Waals surface area contributed by atoms with Crippen molar-refractivity contribution in [2.24, 2.45) is 0 Å². The Bertz CT molecular complexity index is 1170. The largest absolute Gasteiger partial charge is 0.326 e. The van der Waals surface area contributed by atoms with Crippen molar-refractivity contribution in [2.45, 2.75) is 6.92 Å². The standard InChI is InChI=1S/C18H13N3O2S/c1-11(22)19-13-8-6-12(7-9-13)10-16-17(23)21-15-5-3-2-4-14(15)20-18(21)24-16/h2-10H,1H3,(H,19,22)/b16-10-. The number of para-hydroxylation sites is 2. The normalized spacial score (nSPS) is 12.1. The van der Waals surface area contributed by atoms with E-state index in [0.717, 1.165) is 22.3 Å². The van der Waals surface area contributed by atoms with Gasteiger partial charge in [0.2, 0.25) is 5.91 Å². The van der Waals surface area contributed by atoms with E-state index in [9.17, 15) is 9.59 Å². The summed E-state index contributed by atoms with van der Waals surface area (Å²) in [7, 11) is 0. The lowest BCUT2D eigenvalue weighted by molar-refractivity contribution is -0.114. The van der Waals surface area contributed by atoms with Crippen LogP contribution in [0.5, 0.6) is 0 Å². The fourth-order valence-corrected chi connectivity index (χ4v) is 3.62. The summed E-state index contributed by atoms with van der Waals surface area (Å²) in [6.07, 6.45) is 1.84. The Morgan fingerprint density at radius 2 is 1.92 bits per heavy atom. The van der Waals surface area contributed by atoms with Gasteiger partial charge in [-0.1, -0.05) is 35.6 Å². The maximum absolute atomic E-state index is 12.7. The Morgan fingerprint density at radius 3 is 2.67 bits per heavy atom. The highest BCUT2D eigenvalue weighted by Gasteiger charge is 2.10. The number of hydrogen-bond donors (Lipinski definition) is 1. The Balaban J connectivity index is 1.81. The molecule has 0 atom stereocenters.